The van der Waals surface area contributed by atoms with Crippen LogP contribution in [-0.2, 0) is 0 Å². The predicted octanol–water partition coefficient (Wildman–Crippen LogP) is 2.31. The summed E-state index contributed by atoms with van der Waals surface area (Å²) in [6.07, 6.45) is 3.67. The fourth-order valence-electron chi connectivity index (χ4n) is 2.82. The van der Waals surface area contributed by atoms with E-state index in [-0.39, 0.29) is 6.17 Å². The van der Waals surface area contributed by atoms with Crippen molar-refractivity contribution in [1.29, 1.82) is 0 Å². The molecule has 1 aliphatic rings. The number of piperazine rings is 1. The zero-order valence-electron chi connectivity index (χ0n) is 12.7. The third kappa shape index (κ3) is 2.85. The van der Waals surface area contributed by atoms with Gasteiger partial charge in [0.2, 0.25) is 0 Å². The Bertz CT molecular complexity index is 611. The SMILES string of the molecule is Cc1ccc(N2CCN(c3ccncc3)CC2N)cc1C. The molecule has 1 aliphatic heterocycles. The number of aromatic nitrogens is 1. The van der Waals surface area contributed by atoms with Crippen LogP contribution >= 0.6 is 0 Å². The lowest BCUT2D eigenvalue weighted by molar-refractivity contribution is 0.534. The van der Waals surface area contributed by atoms with E-state index >= 15 is 0 Å². The summed E-state index contributed by atoms with van der Waals surface area (Å²) in [5.41, 5.74) is 11.5. The van der Waals surface area contributed by atoms with Crippen LogP contribution < -0.4 is 15.5 Å². The minimum Gasteiger partial charge on any atom is -0.366 e. The summed E-state index contributed by atoms with van der Waals surface area (Å²) < 4.78 is 0. The normalized spacial score (nSPS) is 18.9. The van der Waals surface area contributed by atoms with Gasteiger partial charge in [0.05, 0.1) is 12.7 Å². The van der Waals surface area contributed by atoms with Crippen LogP contribution in [0.4, 0.5) is 11.4 Å². The Morgan fingerprint density at radius 2 is 1.76 bits per heavy atom. The highest BCUT2D eigenvalue weighted by Crippen LogP contribution is 2.24. The molecular formula is C17H22N4. The molecule has 1 atom stereocenters. The molecule has 21 heavy (non-hydrogen) atoms. The van der Waals surface area contributed by atoms with E-state index in [0.29, 0.717) is 0 Å². The van der Waals surface area contributed by atoms with E-state index in [1.807, 2.05) is 24.5 Å². The van der Waals surface area contributed by atoms with Gasteiger partial charge in [-0.05, 0) is 49.2 Å². The highest BCUT2D eigenvalue weighted by atomic mass is 15.3. The average Bonchev–Trinajstić information content (AvgIpc) is 2.51. The lowest BCUT2D eigenvalue weighted by atomic mass is 10.1. The van der Waals surface area contributed by atoms with Gasteiger partial charge in [-0.25, -0.2) is 0 Å². The van der Waals surface area contributed by atoms with Crippen molar-refractivity contribution in [2.75, 3.05) is 29.4 Å². The van der Waals surface area contributed by atoms with Gasteiger partial charge in [0.1, 0.15) is 0 Å². The van der Waals surface area contributed by atoms with Gasteiger partial charge in [-0.15, -0.1) is 0 Å². The van der Waals surface area contributed by atoms with E-state index in [2.05, 4.69) is 46.8 Å². The van der Waals surface area contributed by atoms with Crippen LogP contribution in [0.3, 0.4) is 0 Å². The van der Waals surface area contributed by atoms with E-state index in [1.165, 1.54) is 22.5 Å². The predicted molar refractivity (Wildman–Crippen MR) is 87.7 cm³/mol. The first-order valence-corrected chi connectivity index (χ1v) is 7.39. The summed E-state index contributed by atoms with van der Waals surface area (Å²) in [5.74, 6) is 0. The quantitative estimate of drug-likeness (QED) is 0.918. The summed E-state index contributed by atoms with van der Waals surface area (Å²) >= 11 is 0. The van der Waals surface area contributed by atoms with Gasteiger partial charge in [0, 0.05) is 36.9 Å². The molecular weight excluding hydrogens is 260 g/mol. The molecule has 1 aromatic carbocycles. The molecule has 1 fully saturated rings. The van der Waals surface area contributed by atoms with Crippen LogP contribution in [0.2, 0.25) is 0 Å². The third-order valence-electron chi connectivity index (χ3n) is 4.27. The number of aryl methyl sites for hydroxylation is 2. The number of hydrogen-bond donors (Lipinski definition) is 1. The number of nitrogens with two attached hydrogens (primary N) is 1. The second kappa shape index (κ2) is 5.74. The molecule has 2 heterocycles. The third-order valence-corrected chi connectivity index (χ3v) is 4.27. The molecule has 110 valence electrons. The molecule has 4 heteroatoms. The van der Waals surface area contributed by atoms with Crippen LogP contribution in [0.5, 0.6) is 0 Å². The highest BCUT2D eigenvalue weighted by molar-refractivity contribution is 5.54. The van der Waals surface area contributed by atoms with Crippen molar-refractivity contribution in [1.82, 2.24) is 4.98 Å². The number of pyridine rings is 1. The Kier molecular flexibility index (Phi) is 3.80. The zero-order valence-corrected chi connectivity index (χ0v) is 12.7. The van der Waals surface area contributed by atoms with Crippen molar-refractivity contribution >= 4 is 11.4 Å². The Labute approximate surface area is 126 Å². The molecule has 2 aromatic rings. The molecule has 1 aromatic heterocycles. The molecule has 0 amide bonds. The van der Waals surface area contributed by atoms with Crippen LogP contribution in [0.15, 0.2) is 42.7 Å². The number of hydrogen-bond acceptors (Lipinski definition) is 4. The number of benzene rings is 1. The first-order chi connectivity index (χ1) is 10.1. The van der Waals surface area contributed by atoms with Crippen molar-refractivity contribution in [3.8, 4) is 0 Å². The van der Waals surface area contributed by atoms with E-state index in [1.54, 1.807) is 0 Å². The maximum atomic E-state index is 6.40. The molecule has 0 spiro atoms. The largest absolute Gasteiger partial charge is 0.366 e. The van der Waals surface area contributed by atoms with Crippen molar-refractivity contribution in [3.63, 3.8) is 0 Å². The molecule has 4 nitrogen and oxygen atoms in total. The van der Waals surface area contributed by atoms with Crippen LogP contribution in [0.1, 0.15) is 11.1 Å². The Morgan fingerprint density at radius 3 is 2.43 bits per heavy atom. The monoisotopic (exact) mass is 282 g/mol. The summed E-state index contributed by atoms with van der Waals surface area (Å²) in [4.78, 5) is 8.69. The van der Waals surface area contributed by atoms with E-state index in [4.69, 9.17) is 5.73 Å². The maximum Gasteiger partial charge on any atom is 0.0949 e. The lowest BCUT2D eigenvalue weighted by Gasteiger charge is -2.42. The Hall–Kier alpha value is -2.07. The Morgan fingerprint density at radius 1 is 1.00 bits per heavy atom. The lowest BCUT2D eigenvalue weighted by Crippen LogP contribution is -2.57. The average molecular weight is 282 g/mol. The zero-order chi connectivity index (χ0) is 14.8. The fourth-order valence-corrected chi connectivity index (χ4v) is 2.82. The van der Waals surface area contributed by atoms with Gasteiger partial charge in [-0.1, -0.05) is 6.07 Å². The first kappa shape index (κ1) is 13.9. The Balaban J connectivity index is 1.75. The molecule has 1 saturated heterocycles. The second-order valence-electron chi connectivity index (χ2n) is 5.68. The van der Waals surface area contributed by atoms with Crippen molar-refractivity contribution in [2.45, 2.75) is 20.0 Å². The molecule has 0 bridgehead atoms. The van der Waals surface area contributed by atoms with Gasteiger partial charge in [-0.2, -0.15) is 0 Å². The van der Waals surface area contributed by atoms with Crippen LogP contribution in [0.25, 0.3) is 0 Å². The molecule has 2 N–H and O–H groups in total. The molecule has 3 rings (SSSR count). The van der Waals surface area contributed by atoms with E-state index < -0.39 is 0 Å². The van der Waals surface area contributed by atoms with Crippen molar-refractivity contribution < 1.29 is 0 Å². The minimum absolute atomic E-state index is 0.00835. The van der Waals surface area contributed by atoms with Gasteiger partial charge in [0.25, 0.3) is 0 Å². The van der Waals surface area contributed by atoms with Gasteiger partial charge in [0.15, 0.2) is 0 Å². The topological polar surface area (TPSA) is 45.4 Å². The van der Waals surface area contributed by atoms with Gasteiger partial charge >= 0.3 is 0 Å². The second-order valence-corrected chi connectivity index (χ2v) is 5.68. The minimum atomic E-state index is 0.00835. The first-order valence-electron chi connectivity index (χ1n) is 7.39. The summed E-state index contributed by atoms with van der Waals surface area (Å²) in [6.45, 7) is 7.03. The van der Waals surface area contributed by atoms with Crippen molar-refractivity contribution in [3.05, 3.63) is 53.9 Å². The van der Waals surface area contributed by atoms with Crippen LogP contribution in [0, 0.1) is 13.8 Å². The van der Waals surface area contributed by atoms with E-state index in [0.717, 1.165) is 19.6 Å². The smallest absolute Gasteiger partial charge is 0.0949 e. The molecule has 0 radical (unpaired) electrons. The standard InChI is InChI=1S/C17H22N4/c1-13-3-4-16(11-14(13)2)21-10-9-20(12-17(21)18)15-5-7-19-8-6-15/h3-8,11,17H,9-10,12,18H2,1-2H3. The molecule has 0 saturated carbocycles. The van der Waals surface area contributed by atoms with Gasteiger partial charge in [-0.3, -0.25) is 4.98 Å². The molecule has 1 unspecified atom stereocenters. The van der Waals surface area contributed by atoms with Gasteiger partial charge < -0.3 is 15.5 Å². The van der Waals surface area contributed by atoms with E-state index in [9.17, 15) is 0 Å². The number of rotatable bonds is 2. The summed E-state index contributed by atoms with van der Waals surface area (Å²) in [5, 5.41) is 0. The van der Waals surface area contributed by atoms with Crippen molar-refractivity contribution in [2.24, 2.45) is 5.73 Å². The summed E-state index contributed by atoms with van der Waals surface area (Å²) in [7, 11) is 0. The fraction of sp³-hybridized carbons (Fsp3) is 0.353. The number of nitrogens with zero attached hydrogens (tertiary/aromatic N) is 3. The maximum absolute atomic E-state index is 6.40. The molecule has 0 aliphatic carbocycles. The number of anilines is 2. The van der Waals surface area contributed by atoms with Crippen LogP contribution in [-0.4, -0.2) is 30.8 Å². The highest BCUT2D eigenvalue weighted by Gasteiger charge is 2.24. The summed E-state index contributed by atoms with van der Waals surface area (Å²) in [6, 6.07) is 10.7.